The molecule has 6 aliphatic rings. The molecule has 2 heterocycles. The molecule has 40 heavy (non-hydrogen) atoms. The smallest absolute Gasteiger partial charge is 0.410 e. The molecule has 1 spiro atoms. The summed E-state index contributed by atoms with van der Waals surface area (Å²) in [7, 11) is 1.65. The molecule has 2 saturated carbocycles. The topological polar surface area (TPSA) is 77.5 Å². The largest absolute Gasteiger partial charge is 0.447 e. The van der Waals surface area contributed by atoms with E-state index in [9.17, 15) is 9.90 Å². The van der Waals surface area contributed by atoms with Crippen molar-refractivity contribution in [1.82, 2.24) is 4.90 Å². The SMILES string of the molecule is COCCOCCOC(=O)N1C[C@@H](C)C[C@H]2O[C@]3(CC[C@@H]4C(=C3C)C[C@H]3[C@H]4CC=C4C[C@@H](O)CC[C@@]43C)[C@H](C)[C@@H]21. The lowest BCUT2D eigenvalue weighted by Gasteiger charge is -2.49. The molecule has 224 valence electrons. The van der Waals surface area contributed by atoms with E-state index in [1.165, 1.54) is 24.0 Å². The monoisotopic (exact) mass is 557 g/mol. The summed E-state index contributed by atoms with van der Waals surface area (Å²) in [5, 5.41) is 10.4. The van der Waals surface area contributed by atoms with Crippen molar-refractivity contribution >= 4 is 6.09 Å². The zero-order valence-electron chi connectivity index (χ0n) is 25.3. The highest BCUT2D eigenvalue weighted by Crippen LogP contribution is 2.65. The van der Waals surface area contributed by atoms with Gasteiger partial charge in [-0.25, -0.2) is 4.79 Å². The van der Waals surface area contributed by atoms with Gasteiger partial charge >= 0.3 is 6.09 Å². The van der Waals surface area contributed by atoms with Crippen LogP contribution in [0.1, 0.15) is 79.1 Å². The molecule has 0 aromatic heterocycles. The van der Waals surface area contributed by atoms with Gasteiger partial charge in [-0.3, -0.25) is 0 Å². The Morgan fingerprint density at radius 2 is 1.95 bits per heavy atom. The summed E-state index contributed by atoms with van der Waals surface area (Å²) in [6, 6.07) is 0.0412. The van der Waals surface area contributed by atoms with Crippen LogP contribution in [0.4, 0.5) is 4.79 Å². The quantitative estimate of drug-likeness (QED) is 0.343. The second-order valence-corrected chi connectivity index (χ2v) is 14.1. The normalized spacial score (nSPS) is 44.1. The maximum Gasteiger partial charge on any atom is 0.410 e. The Labute approximate surface area is 240 Å². The van der Waals surface area contributed by atoms with Crippen LogP contribution in [0, 0.1) is 35.0 Å². The number of amides is 1. The number of hydrogen-bond donors (Lipinski definition) is 1. The number of aliphatic hydroxyl groups excluding tert-OH is 1. The molecule has 1 N–H and O–H groups in total. The Kier molecular flexibility index (Phi) is 7.90. The number of likely N-dealkylation sites (tertiary alicyclic amines) is 1. The van der Waals surface area contributed by atoms with Crippen LogP contribution >= 0.6 is 0 Å². The van der Waals surface area contributed by atoms with E-state index >= 15 is 0 Å². The Morgan fingerprint density at radius 1 is 1.15 bits per heavy atom. The van der Waals surface area contributed by atoms with Gasteiger partial charge in [0.15, 0.2) is 0 Å². The number of hydrogen-bond acceptors (Lipinski definition) is 6. The molecule has 0 radical (unpaired) electrons. The fraction of sp³-hybridized carbons (Fsp3) is 0.848. The number of carbonyl (C=O) groups is 1. The lowest BCUT2D eigenvalue weighted by molar-refractivity contribution is -0.0642. The van der Waals surface area contributed by atoms with Crippen LogP contribution in [0.25, 0.3) is 0 Å². The summed E-state index contributed by atoms with van der Waals surface area (Å²) in [4.78, 5) is 15.3. The van der Waals surface area contributed by atoms with Crippen molar-refractivity contribution in [3.8, 4) is 0 Å². The van der Waals surface area contributed by atoms with Gasteiger partial charge in [0.05, 0.1) is 43.7 Å². The van der Waals surface area contributed by atoms with Crippen molar-refractivity contribution in [3.63, 3.8) is 0 Å². The highest BCUT2D eigenvalue weighted by molar-refractivity contribution is 5.68. The molecule has 4 fully saturated rings. The first kappa shape index (κ1) is 28.7. The number of carbonyl (C=O) groups excluding carboxylic acids is 1. The number of nitrogens with zero attached hydrogens (tertiary/aromatic N) is 1. The molecule has 0 bridgehead atoms. The van der Waals surface area contributed by atoms with Gasteiger partial charge in [0.25, 0.3) is 0 Å². The van der Waals surface area contributed by atoms with Gasteiger partial charge < -0.3 is 29.0 Å². The summed E-state index contributed by atoms with van der Waals surface area (Å²) in [5.41, 5.74) is 4.57. The highest BCUT2D eigenvalue weighted by atomic mass is 16.6. The van der Waals surface area contributed by atoms with Crippen molar-refractivity contribution in [2.24, 2.45) is 35.0 Å². The molecule has 10 atom stereocenters. The molecule has 7 heteroatoms. The zero-order chi connectivity index (χ0) is 28.2. The van der Waals surface area contributed by atoms with Crippen LogP contribution < -0.4 is 0 Å². The average molecular weight is 558 g/mol. The third-order valence-corrected chi connectivity index (χ3v) is 12.1. The summed E-state index contributed by atoms with van der Waals surface area (Å²) < 4.78 is 23.4. The van der Waals surface area contributed by atoms with Crippen molar-refractivity contribution in [1.29, 1.82) is 0 Å². The summed E-state index contributed by atoms with van der Waals surface area (Å²) in [6.45, 7) is 11.8. The lowest BCUT2D eigenvalue weighted by Crippen LogP contribution is -2.54. The van der Waals surface area contributed by atoms with Crippen LogP contribution in [0.5, 0.6) is 0 Å². The minimum Gasteiger partial charge on any atom is -0.447 e. The predicted molar refractivity (Wildman–Crippen MR) is 153 cm³/mol. The lowest BCUT2D eigenvalue weighted by atomic mass is 9.56. The molecule has 0 aromatic rings. The molecule has 2 aliphatic heterocycles. The molecular weight excluding hydrogens is 506 g/mol. The zero-order valence-corrected chi connectivity index (χ0v) is 25.3. The predicted octanol–water partition coefficient (Wildman–Crippen LogP) is 5.51. The first-order valence-corrected chi connectivity index (χ1v) is 15.9. The van der Waals surface area contributed by atoms with Gasteiger partial charge in [0.2, 0.25) is 0 Å². The maximum absolute atomic E-state index is 13.4. The summed E-state index contributed by atoms with van der Waals surface area (Å²) in [5.74, 6) is 2.62. The van der Waals surface area contributed by atoms with E-state index in [2.05, 4.69) is 33.8 Å². The van der Waals surface area contributed by atoms with Gasteiger partial charge in [-0.2, -0.15) is 0 Å². The molecular formula is C33H51NO6. The Hall–Kier alpha value is -1.41. The molecule has 1 amide bonds. The summed E-state index contributed by atoms with van der Waals surface area (Å²) >= 11 is 0. The minimum absolute atomic E-state index is 0.0412. The van der Waals surface area contributed by atoms with Crippen molar-refractivity contribution in [2.75, 3.05) is 40.1 Å². The van der Waals surface area contributed by atoms with Gasteiger partial charge in [0, 0.05) is 19.6 Å². The first-order chi connectivity index (χ1) is 19.2. The van der Waals surface area contributed by atoms with Crippen LogP contribution in [0.2, 0.25) is 0 Å². The maximum atomic E-state index is 13.4. The van der Waals surface area contributed by atoms with Crippen LogP contribution in [-0.4, -0.2) is 80.0 Å². The first-order valence-electron chi connectivity index (χ1n) is 15.9. The number of aliphatic hydroxyl groups is 1. The number of allylic oxidation sites excluding steroid dienone is 2. The van der Waals surface area contributed by atoms with Crippen LogP contribution in [0.15, 0.2) is 22.8 Å². The van der Waals surface area contributed by atoms with E-state index in [1.54, 1.807) is 12.7 Å². The van der Waals surface area contributed by atoms with Crippen LogP contribution in [-0.2, 0) is 18.9 Å². The van der Waals surface area contributed by atoms with Gasteiger partial charge in [-0.05, 0) is 93.0 Å². The molecule has 0 unspecified atom stereocenters. The van der Waals surface area contributed by atoms with E-state index in [4.69, 9.17) is 18.9 Å². The third kappa shape index (κ3) is 4.58. The standard InChI is InChI=1S/C33H51NO6/c1-20-16-29-30(34(19-20)31(36)39-15-14-38-13-12-37-5)22(3)33(40-29)11-9-25-26-7-6-23-17-24(35)8-10-32(23,4)28(26)18-27(25)21(33)2/h6,20,22,24-26,28-30,35H,7-19H2,1-5H3/t20-,22+,24-,25-,26-,28-,29+,30-,32-,33-/m0/s1. The van der Waals surface area contributed by atoms with Gasteiger partial charge in [0.1, 0.15) is 6.61 Å². The Morgan fingerprint density at radius 3 is 2.75 bits per heavy atom. The Bertz CT molecular complexity index is 1040. The van der Waals surface area contributed by atoms with Gasteiger partial charge in [-0.15, -0.1) is 0 Å². The fourth-order valence-electron chi connectivity index (χ4n) is 10.0. The second kappa shape index (κ2) is 11.0. The average Bonchev–Trinajstić information content (AvgIpc) is 3.45. The fourth-order valence-corrected chi connectivity index (χ4v) is 10.0. The van der Waals surface area contributed by atoms with Crippen molar-refractivity contribution in [2.45, 2.75) is 103 Å². The van der Waals surface area contributed by atoms with Crippen molar-refractivity contribution in [3.05, 3.63) is 22.8 Å². The number of methoxy groups -OCH3 is 1. The molecule has 4 aliphatic carbocycles. The molecule has 7 nitrogen and oxygen atoms in total. The van der Waals surface area contributed by atoms with Crippen molar-refractivity contribution < 1.29 is 28.8 Å². The van der Waals surface area contributed by atoms with E-state index in [-0.39, 0.29) is 47.9 Å². The van der Waals surface area contributed by atoms with E-state index in [1.807, 2.05) is 4.90 Å². The Balaban J connectivity index is 1.21. The van der Waals surface area contributed by atoms with Gasteiger partial charge in [-0.1, -0.05) is 38.0 Å². The summed E-state index contributed by atoms with van der Waals surface area (Å²) in [6.07, 6.45) is 10.6. The van der Waals surface area contributed by atoms with E-state index in [0.717, 1.165) is 45.1 Å². The molecule has 0 aromatic carbocycles. The number of piperidine rings is 1. The number of fused-ring (bicyclic) bond motifs is 6. The molecule has 6 rings (SSSR count). The second-order valence-electron chi connectivity index (χ2n) is 14.1. The van der Waals surface area contributed by atoms with Crippen LogP contribution in [0.3, 0.4) is 0 Å². The highest BCUT2D eigenvalue weighted by Gasteiger charge is 2.62. The molecule has 2 saturated heterocycles. The number of rotatable bonds is 6. The van der Waals surface area contributed by atoms with E-state index < -0.39 is 0 Å². The third-order valence-electron chi connectivity index (χ3n) is 12.1. The minimum atomic E-state index is -0.291. The van der Waals surface area contributed by atoms with E-state index in [0.29, 0.717) is 43.5 Å². The number of ether oxygens (including phenoxy) is 4.